The highest BCUT2D eigenvalue weighted by Crippen LogP contribution is 2.30. The number of Topliss-reactive ketones (excluding diaryl/α,β-unsaturated/α-hetero) is 1. The summed E-state index contributed by atoms with van der Waals surface area (Å²) in [6.45, 7) is 0.771. The number of esters is 1. The van der Waals surface area contributed by atoms with Crippen LogP contribution in [0.1, 0.15) is 32.1 Å². The first-order valence-corrected chi connectivity index (χ1v) is 9.23. The molecule has 0 aliphatic carbocycles. The van der Waals surface area contributed by atoms with E-state index in [0.717, 1.165) is 22.9 Å². The van der Waals surface area contributed by atoms with Crippen LogP contribution in [-0.4, -0.2) is 35.2 Å². The number of rotatable bonds is 6. The van der Waals surface area contributed by atoms with Crippen molar-refractivity contribution in [3.8, 4) is 11.4 Å². The Morgan fingerprint density at radius 1 is 1.06 bits per heavy atom. The molecule has 0 N–H and O–H groups in total. The number of ether oxygens (including phenoxy) is 2. The minimum atomic E-state index is -4.58. The van der Waals surface area contributed by atoms with Crippen LogP contribution in [-0.2, 0) is 10.9 Å². The Balaban J connectivity index is 1.87. The topological polar surface area (TPSA) is 87.5 Å². The zero-order chi connectivity index (χ0) is 23.5. The average Bonchev–Trinajstić information content (AvgIpc) is 2.76. The Morgan fingerprint density at radius 3 is 2.47 bits per heavy atom. The Kier molecular flexibility index (Phi) is 6.42. The lowest BCUT2D eigenvalue weighted by atomic mass is 10.1. The van der Waals surface area contributed by atoms with Crippen molar-refractivity contribution in [2.45, 2.75) is 13.1 Å². The number of hydrogen-bond donors (Lipinski definition) is 0. The van der Waals surface area contributed by atoms with Gasteiger partial charge in [0.1, 0.15) is 5.75 Å². The molecular formula is C22H17F3N2O5. The van der Waals surface area contributed by atoms with E-state index in [-0.39, 0.29) is 22.7 Å². The largest absolute Gasteiger partial charge is 0.496 e. The first-order valence-electron chi connectivity index (χ1n) is 9.23. The molecule has 7 nitrogen and oxygen atoms in total. The van der Waals surface area contributed by atoms with Crippen LogP contribution >= 0.6 is 0 Å². The van der Waals surface area contributed by atoms with Crippen LogP contribution in [0.4, 0.5) is 13.2 Å². The second-order valence-electron chi connectivity index (χ2n) is 6.66. The van der Waals surface area contributed by atoms with E-state index in [9.17, 15) is 27.6 Å². The van der Waals surface area contributed by atoms with E-state index in [2.05, 4.69) is 5.10 Å². The summed E-state index contributed by atoms with van der Waals surface area (Å²) in [6, 6.07) is 11.6. The number of ketones is 1. The van der Waals surface area contributed by atoms with Crippen molar-refractivity contribution in [2.24, 2.45) is 0 Å². The molecular weight excluding hydrogens is 429 g/mol. The third kappa shape index (κ3) is 4.85. The number of aryl methyl sites for hydroxylation is 1. The lowest BCUT2D eigenvalue weighted by molar-refractivity contribution is -0.137. The zero-order valence-corrected chi connectivity index (χ0v) is 17.0. The van der Waals surface area contributed by atoms with Gasteiger partial charge >= 0.3 is 12.1 Å². The SMILES string of the molecule is COc1ccccc1C(=O)COC(=O)c1nn(-c2cccc(C(F)(F)F)c2)c(C)cc1=O. The number of halogens is 3. The van der Waals surface area contributed by atoms with E-state index in [1.54, 1.807) is 18.2 Å². The highest BCUT2D eigenvalue weighted by atomic mass is 19.4. The summed E-state index contributed by atoms with van der Waals surface area (Å²) >= 11 is 0. The van der Waals surface area contributed by atoms with Gasteiger partial charge in [0.15, 0.2) is 6.61 Å². The van der Waals surface area contributed by atoms with Gasteiger partial charge in [-0.1, -0.05) is 18.2 Å². The fraction of sp³-hybridized carbons (Fsp3) is 0.182. The van der Waals surface area contributed by atoms with Crippen LogP contribution in [0.2, 0.25) is 0 Å². The van der Waals surface area contributed by atoms with Crippen LogP contribution in [0.15, 0.2) is 59.4 Å². The van der Waals surface area contributed by atoms with Crippen molar-refractivity contribution in [3.63, 3.8) is 0 Å². The molecule has 0 fully saturated rings. The molecule has 32 heavy (non-hydrogen) atoms. The molecule has 1 heterocycles. The average molecular weight is 446 g/mol. The van der Waals surface area contributed by atoms with Crippen molar-refractivity contribution in [1.82, 2.24) is 9.78 Å². The van der Waals surface area contributed by atoms with Crippen LogP contribution < -0.4 is 10.2 Å². The smallest absolute Gasteiger partial charge is 0.416 e. The minimum absolute atomic E-state index is 0.00327. The van der Waals surface area contributed by atoms with Crippen LogP contribution in [0.25, 0.3) is 5.69 Å². The number of carbonyl (C=O) groups is 2. The highest BCUT2D eigenvalue weighted by Gasteiger charge is 2.30. The molecule has 0 saturated carbocycles. The van der Waals surface area contributed by atoms with Crippen molar-refractivity contribution >= 4 is 11.8 Å². The van der Waals surface area contributed by atoms with Gasteiger partial charge in [-0.15, -0.1) is 0 Å². The summed E-state index contributed by atoms with van der Waals surface area (Å²) < 4.78 is 50.1. The van der Waals surface area contributed by atoms with Gasteiger partial charge in [0.2, 0.25) is 16.9 Å². The number of carbonyl (C=O) groups excluding carboxylic acids is 2. The van der Waals surface area contributed by atoms with Crippen LogP contribution in [0.5, 0.6) is 5.75 Å². The molecule has 0 aliphatic rings. The maximum absolute atomic E-state index is 13.0. The van der Waals surface area contributed by atoms with Crippen molar-refractivity contribution in [2.75, 3.05) is 13.7 Å². The third-order valence-corrected chi connectivity index (χ3v) is 4.46. The van der Waals surface area contributed by atoms with E-state index in [1.165, 1.54) is 32.2 Å². The summed E-state index contributed by atoms with van der Waals surface area (Å²) in [7, 11) is 1.38. The molecule has 0 amide bonds. The Hall–Kier alpha value is -3.95. The molecule has 2 aromatic carbocycles. The normalized spacial score (nSPS) is 11.2. The fourth-order valence-corrected chi connectivity index (χ4v) is 2.92. The van der Waals surface area contributed by atoms with Gasteiger partial charge in [-0.25, -0.2) is 9.48 Å². The number of methoxy groups -OCH3 is 1. The number of benzene rings is 2. The Morgan fingerprint density at radius 2 is 1.78 bits per heavy atom. The van der Waals surface area contributed by atoms with Gasteiger partial charge in [0.25, 0.3) is 0 Å². The number of aromatic nitrogens is 2. The summed E-state index contributed by atoms with van der Waals surface area (Å²) in [4.78, 5) is 37.0. The predicted octanol–water partition coefficient (Wildman–Crippen LogP) is 3.61. The van der Waals surface area contributed by atoms with Crippen molar-refractivity contribution < 1.29 is 32.2 Å². The zero-order valence-electron chi connectivity index (χ0n) is 17.0. The highest BCUT2D eigenvalue weighted by molar-refractivity contribution is 6.01. The lowest BCUT2D eigenvalue weighted by Gasteiger charge is -2.13. The number of hydrogen-bond acceptors (Lipinski definition) is 6. The molecule has 0 saturated heterocycles. The quantitative estimate of drug-likeness (QED) is 0.425. The Bertz CT molecular complexity index is 1230. The Labute approximate surface area is 180 Å². The first-order chi connectivity index (χ1) is 15.1. The summed E-state index contributed by atoms with van der Waals surface area (Å²) in [5.74, 6) is -1.46. The molecule has 0 bridgehead atoms. The predicted molar refractivity (Wildman–Crippen MR) is 107 cm³/mol. The van der Waals surface area contributed by atoms with Crippen molar-refractivity contribution in [1.29, 1.82) is 0 Å². The standard InChI is InChI=1S/C22H17F3N2O5/c1-13-10-17(28)20(26-27(13)15-7-5-6-14(11-15)22(23,24)25)21(30)32-12-18(29)16-8-3-4-9-19(16)31-2/h3-11H,12H2,1-2H3. The van der Waals surface area contributed by atoms with Gasteiger partial charge in [-0.05, 0) is 37.3 Å². The van der Waals surface area contributed by atoms with Crippen LogP contribution in [0, 0.1) is 6.92 Å². The first kappa shape index (κ1) is 22.7. The van der Waals surface area contributed by atoms with Gasteiger partial charge in [-0.2, -0.15) is 18.3 Å². The van der Waals surface area contributed by atoms with Gasteiger partial charge in [0, 0.05) is 11.8 Å². The van der Waals surface area contributed by atoms with Crippen molar-refractivity contribution in [3.05, 3.63) is 87.3 Å². The second-order valence-corrected chi connectivity index (χ2v) is 6.66. The number of para-hydroxylation sites is 1. The molecule has 0 atom stereocenters. The molecule has 0 unspecified atom stereocenters. The van der Waals surface area contributed by atoms with E-state index >= 15 is 0 Å². The maximum atomic E-state index is 13.0. The molecule has 3 aromatic rings. The van der Waals surface area contributed by atoms with Gasteiger partial charge in [-0.3, -0.25) is 9.59 Å². The third-order valence-electron chi connectivity index (χ3n) is 4.46. The molecule has 0 radical (unpaired) electrons. The van der Waals surface area contributed by atoms with Crippen LogP contribution in [0.3, 0.4) is 0 Å². The summed E-state index contributed by atoms with van der Waals surface area (Å²) in [5, 5.41) is 3.88. The second kappa shape index (κ2) is 9.04. The molecule has 10 heteroatoms. The van der Waals surface area contributed by atoms with E-state index < -0.39 is 41.2 Å². The monoisotopic (exact) mass is 446 g/mol. The molecule has 0 spiro atoms. The number of nitrogens with zero attached hydrogens (tertiary/aromatic N) is 2. The number of alkyl halides is 3. The summed E-state index contributed by atoms with van der Waals surface area (Å²) in [6.07, 6.45) is -4.58. The molecule has 3 rings (SSSR count). The van der Waals surface area contributed by atoms with Gasteiger partial charge in [0.05, 0.1) is 23.9 Å². The molecule has 0 aliphatic heterocycles. The lowest BCUT2D eigenvalue weighted by Crippen LogP contribution is -2.26. The van der Waals surface area contributed by atoms with E-state index in [1.807, 2.05) is 0 Å². The van der Waals surface area contributed by atoms with E-state index in [0.29, 0.717) is 0 Å². The van der Waals surface area contributed by atoms with Gasteiger partial charge < -0.3 is 9.47 Å². The summed E-state index contributed by atoms with van der Waals surface area (Å²) in [5.41, 5.74) is -1.99. The maximum Gasteiger partial charge on any atom is 0.416 e. The fourth-order valence-electron chi connectivity index (χ4n) is 2.92. The molecule has 1 aromatic heterocycles. The minimum Gasteiger partial charge on any atom is -0.496 e. The molecule has 166 valence electrons. The van der Waals surface area contributed by atoms with E-state index in [4.69, 9.17) is 9.47 Å².